The summed E-state index contributed by atoms with van der Waals surface area (Å²) >= 11 is 12.3. The zero-order valence-corrected chi connectivity index (χ0v) is 13.8. The van der Waals surface area contributed by atoms with Crippen molar-refractivity contribution >= 4 is 23.2 Å². The second-order valence-electron chi connectivity index (χ2n) is 6.05. The molecular formula is C16H24Cl2N2. The monoisotopic (exact) mass is 314 g/mol. The van der Waals surface area contributed by atoms with Crippen molar-refractivity contribution in [1.82, 2.24) is 10.6 Å². The van der Waals surface area contributed by atoms with Crippen LogP contribution in [0.2, 0.25) is 10.0 Å². The van der Waals surface area contributed by atoms with Gasteiger partial charge in [-0.25, -0.2) is 0 Å². The Bertz CT molecular complexity index is 440. The molecule has 0 spiro atoms. The van der Waals surface area contributed by atoms with E-state index in [1.807, 2.05) is 12.1 Å². The van der Waals surface area contributed by atoms with Gasteiger partial charge in [-0.2, -0.15) is 0 Å². The Labute approximate surface area is 132 Å². The lowest BCUT2D eigenvalue weighted by Gasteiger charge is -2.39. The van der Waals surface area contributed by atoms with Gasteiger partial charge in [0.05, 0.1) is 10.0 Å². The van der Waals surface area contributed by atoms with E-state index < -0.39 is 0 Å². The summed E-state index contributed by atoms with van der Waals surface area (Å²) in [7, 11) is 0. The van der Waals surface area contributed by atoms with E-state index in [1.54, 1.807) is 0 Å². The lowest BCUT2D eigenvalue weighted by atomic mass is 9.72. The first-order chi connectivity index (χ1) is 9.53. The molecule has 1 saturated heterocycles. The Balaban J connectivity index is 2.19. The van der Waals surface area contributed by atoms with Gasteiger partial charge in [0, 0.05) is 18.0 Å². The Hall–Kier alpha value is -0.280. The number of rotatable bonds is 5. The van der Waals surface area contributed by atoms with Crippen LogP contribution in [0.5, 0.6) is 0 Å². The normalized spacial score (nSPS) is 23.2. The van der Waals surface area contributed by atoms with E-state index >= 15 is 0 Å². The van der Waals surface area contributed by atoms with E-state index in [1.165, 1.54) is 18.4 Å². The maximum atomic E-state index is 6.21. The summed E-state index contributed by atoms with van der Waals surface area (Å²) in [6.45, 7) is 7.53. The highest BCUT2D eigenvalue weighted by Crippen LogP contribution is 2.37. The molecule has 2 rings (SSSR count). The fraction of sp³-hybridized carbons (Fsp3) is 0.625. The number of piperidine rings is 1. The summed E-state index contributed by atoms with van der Waals surface area (Å²) in [4.78, 5) is 0. The van der Waals surface area contributed by atoms with E-state index in [0.717, 1.165) is 26.1 Å². The number of benzene rings is 1. The Morgan fingerprint density at radius 3 is 2.70 bits per heavy atom. The number of nitrogens with one attached hydrogen (secondary N) is 2. The molecule has 2 N–H and O–H groups in total. The van der Waals surface area contributed by atoms with E-state index in [2.05, 4.69) is 30.5 Å². The topological polar surface area (TPSA) is 24.1 Å². The summed E-state index contributed by atoms with van der Waals surface area (Å²) < 4.78 is 0. The summed E-state index contributed by atoms with van der Waals surface area (Å²) in [6.07, 6.45) is 3.54. The van der Waals surface area contributed by atoms with E-state index in [4.69, 9.17) is 23.2 Å². The van der Waals surface area contributed by atoms with Gasteiger partial charge in [-0.05, 0) is 50.0 Å². The van der Waals surface area contributed by atoms with Crippen LogP contribution >= 0.6 is 23.2 Å². The molecule has 0 aromatic heterocycles. The molecule has 0 radical (unpaired) electrons. The van der Waals surface area contributed by atoms with Gasteiger partial charge in [0.15, 0.2) is 0 Å². The van der Waals surface area contributed by atoms with Gasteiger partial charge in [0.2, 0.25) is 0 Å². The molecule has 1 atom stereocenters. The van der Waals surface area contributed by atoms with Crippen molar-refractivity contribution in [3.63, 3.8) is 0 Å². The minimum atomic E-state index is 0.175. The van der Waals surface area contributed by atoms with Gasteiger partial charge in [0.1, 0.15) is 0 Å². The Kier molecular flexibility index (Phi) is 5.74. The van der Waals surface area contributed by atoms with Gasteiger partial charge < -0.3 is 10.6 Å². The van der Waals surface area contributed by atoms with Crippen molar-refractivity contribution < 1.29 is 0 Å². The summed E-state index contributed by atoms with van der Waals surface area (Å²) in [5.41, 5.74) is 1.48. The quantitative estimate of drug-likeness (QED) is 0.858. The van der Waals surface area contributed by atoms with Crippen molar-refractivity contribution in [2.24, 2.45) is 0 Å². The van der Waals surface area contributed by atoms with E-state index in [-0.39, 0.29) is 5.41 Å². The molecule has 2 nitrogen and oxygen atoms in total. The molecule has 1 heterocycles. The van der Waals surface area contributed by atoms with Crippen molar-refractivity contribution in [2.45, 2.75) is 44.6 Å². The van der Waals surface area contributed by atoms with Crippen molar-refractivity contribution in [3.8, 4) is 0 Å². The summed E-state index contributed by atoms with van der Waals surface area (Å²) in [5.74, 6) is 0. The van der Waals surface area contributed by atoms with Crippen LogP contribution in [0.15, 0.2) is 18.2 Å². The highest BCUT2D eigenvalue weighted by Gasteiger charge is 2.33. The first-order valence-corrected chi connectivity index (χ1v) is 8.19. The smallest absolute Gasteiger partial charge is 0.0595 e. The molecule has 0 amide bonds. The molecule has 20 heavy (non-hydrogen) atoms. The maximum Gasteiger partial charge on any atom is 0.0595 e. The predicted octanol–water partition coefficient (Wildman–Crippen LogP) is 4.00. The zero-order chi connectivity index (χ0) is 14.6. The van der Waals surface area contributed by atoms with Gasteiger partial charge in [-0.3, -0.25) is 0 Å². The third-order valence-corrected chi connectivity index (χ3v) is 4.90. The molecule has 0 bridgehead atoms. The molecule has 1 aromatic rings. The second kappa shape index (κ2) is 7.13. The molecule has 112 valence electrons. The molecular weight excluding hydrogens is 291 g/mol. The average Bonchev–Trinajstić information content (AvgIpc) is 2.42. The van der Waals surface area contributed by atoms with Gasteiger partial charge in [-0.15, -0.1) is 0 Å². The lowest BCUT2D eigenvalue weighted by Crippen LogP contribution is -2.45. The standard InChI is InChI=1S/C16H24Cl2N2/c1-12(2)20-9-7-16(6-3-8-19-11-16)13-4-5-14(17)15(18)10-13/h4-5,10,12,19-20H,3,6-9,11H2,1-2H3. The van der Waals surface area contributed by atoms with Crippen LogP contribution < -0.4 is 10.6 Å². The predicted molar refractivity (Wildman–Crippen MR) is 88.0 cm³/mol. The highest BCUT2D eigenvalue weighted by atomic mass is 35.5. The van der Waals surface area contributed by atoms with Crippen LogP contribution in [-0.4, -0.2) is 25.7 Å². The molecule has 1 unspecified atom stereocenters. The third kappa shape index (κ3) is 3.88. The fourth-order valence-corrected chi connectivity index (χ4v) is 3.30. The average molecular weight is 315 g/mol. The summed E-state index contributed by atoms with van der Waals surface area (Å²) in [5, 5.41) is 8.36. The van der Waals surface area contributed by atoms with E-state index in [9.17, 15) is 0 Å². The van der Waals surface area contributed by atoms with Crippen molar-refractivity contribution in [2.75, 3.05) is 19.6 Å². The largest absolute Gasteiger partial charge is 0.316 e. The zero-order valence-electron chi connectivity index (χ0n) is 12.3. The second-order valence-corrected chi connectivity index (χ2v) is 6.86. The molecule has 1 aliphatic heterocycles. The first kappa shape index (κ1) is 16.1. The molecule has 1 aromatic carbocycles. The molecule has 1 fully saturated rings. The third-order valence-electron chi connectivity index (χ3n) is 4.16. The molecule has 0 aliphatic carbocycles. The minimum Gasteiger partial charge on any atom is -0.316 e. The minimum absolute atomic E-state index is 0.175. The van der Waals surface area contributed by atoms with Gasteiger partial charge in [-0.1, -0.05) is 43.1 Å². The van der Waals surface area contributed by atoms with Crippen LogP contribution in [0.25, 0.3) is 0 Å². The van der Waals surface area contributed by atoms with Gasteiger partial charge >= 0.3 is 0 Å². The first-order valence-electron chi connectivity index (χ1n) is 7.43. The van der Waals surface area contributed by atoms with Crippen molar-refractivity contribution in [1.29, 1.82) is 0 Å². The van der Waals surface area contributed by atoms with Crippen LogP contribution in [0.3, 0.4) is 0 Å². The van der Waals surface area contributed by atoms with Crippen LogP contribution in [0.4, 0.5) is 0 Å². The van der Waals surface area contributed by atoms with E-state index in [0.29, 0.717) is 16.1 Å². The summed E-state index contributed by atoms with van der Waals surface area (Å²) in [6, 6.07) is 6.63. The van der Waals surface area contributed by atoms with Crippen molar-refractivity contribution in [3.05, 3.63) is 33.8 Å². The molecule has 1 aliphatic rings. The fourth-order valence-electron chi connectivity index (χ4n) is 3.00. The van der Waals surface area contributed by atoms with Crippen LogP contribution in [-0.2, 0) is 5.41 Å². The molecule has 4 heteroatoms. The molecule has 0 saturated carbocycles. The lowest BCUT2D eigenvalue weighted by molar-refractivity contribution is 0.286. The Morgan fingerprint density at radius 2 is 2.10 bits per heavy atom. The highest BCUT2D eigenvalue weighted by molar-refractivity contribution is 6.42. The number of halogens is 2. The van der Waals surface area contributed by atoms with Gasteiger partial charge in [0.25, 0.3) is 0 Å². The maximum absolute atomic E-state index is 6.21. The number of hydrogen-bond acceptors (Lipinski definition) is 2. The van der Waals surface area contributed by atoms with Crippen LogP contribution in [0, 0.1) is 0 Å². The van der Waals surface area contributed by atoms with Crippen LogP contribution in [0.1, 0.15) is 38.7 Å². The number of hydrogen-bond donors (Lipinski definition) is 2. The Morgan fingerprint density at radius 1 is 1.30 bits per heavy atom. The SMILES string of the molecule is CC(C)NCCC1(c2ccc(Cl)c(Cl)c2)CCCNC1.